The fourth-order valence-electron chi connectivity index (χ4n) is 0.237. The van der Waals surface area contributed by atoms with Crippen molar-refractivity contribution in [1.29, 1.82) is 0 Å². The zero-order chi connectivity index (χ0) is 7.98. The zero-order valence-corrected chi connectivity index (χ0v) is 5.09. The fourth-order valence-corrected chi connectivity index (χ4v) is 0.237. The lowest BCUT2D eigenvalue weighted by molar-refractivity contribution is -0.115. The highest BCUT2D eigenvalue weighted by molar-refractivity contribution is 5.98. The standard InChI is InChI=1S/C5H6FNO3/c1-2-4(8)7-5(9)10-3-6/h2H,1,3H2,(H,7,8,9). The molecule has 0 aliphatic rings. The Morgan fingerprint density at radius 1 is 1.70 bits per heavy atom. The maximum absolute atomic E-state index is 11.2. The van der Waals surface area contributed by atoms with E-state index in [0.29, 0.717) is 0 Å². The molecule has 0 saturated heterocycles. The average Bonchev–Trinajstić information content (AvgIpc) is 1.88. The summed E-state index contributed by atoms with van der Waals surface area (Å²) >= 11 is 0. The van der Waals surface area contributed by atoms with Crippen molar-refractivity contribution in [3.63, 3.8) is 0 Å². The van der Waals surface area contributed by atoms with Gasteiger partial charge in [0.15, 0.2) is 0 Å². The summed E-state index contributed by atoms with van der Waals surface area (Å²) in [7, 11) is 0. The maximum atomic E-state index is 11.2. The molecular weight excluding hydrogens is 141 g/mol. The van der Waals surface area contributed by atoms with Crippen LogP contribution in [0.15, 0.2) is 12.7 Å². The summed E-state index contributed by atoms with van der Waals surface area (Å²) in [5, 5.41) is 1.67. The van der Waals surface area contributed by atoms with Gasteiger partial charge in [0.1, 0.15) is 0 Å². The Morgan fingerprint density at radius 2 is 2.30 bits per heavy atom. The summed E-state index contributed by atoms with van der Waals surface area (Å²) in [4.78, 5) is 20.4. The molecular formula is C5H6FNO3. The van der Waals surface area contributed by atoms with Gasteiger partial charge in [-0.2, -0.15) is 0 Å². The first kappa shape index (κ1) is 8.61. The molecule has 2 amide bonds. The van der Waals surface area contributed by atoms with E-state index >= 15 is 0 Å². The lowest BCUT2D eigenvalue weighted by atomic mass is 10.6. The quantitative estimate of drug-likeness (QED) is 0.573. The molecule has 0 radical (unpaired) electrons. The SMILES string of the molecule is C=CC(=O)NC(=O)OCF. The predicted octanol–water partition coefficient (Wildman–Crippen LogP) is 0.352. The number of alkyl carbamates (subject to hydrolysis) is 1. The van der Waals surface area contributed by atoms with Crippen LogP contribution >= 0.6 is 0 Å². The third-order valence-electron chi connectivity index (χ3n) is 0.596. The lowest BCUT2D eigenvalue weighted by Gasteiger charge is -1.97. The van der Waals surface area contributed by atoms with E-state index in [1.807, 2.05) is 0 Å². The normalized spacial score (nSPS) is 8.10. The van der Waals surface area contributed by atoms with Gasteiger partial charge in [0.2, 0.25) is 6.86 Å². The number of rotatable bonds is 2. The van der Waals surface area contributed by atoms with Crippen LogP contribution in [0.5, 0.6) is 0 Å². The Labute approximate surface area is 56.7 Å². The van der Waals surface area contributed by atoms with Gasteiger partial charge in [-0.15, -0.1) is 0 Å². The second kappa shape index (κ2) is 4.49. The molecule has 0 aliphatic heterocycles. The van der Waals surface area contributed by atoms with Gasteiger partial charge in [-0.1, -0.05) is 6.58 Å². The van der Waals surface area contributed by atoms with E-state index in [1.165, 1.54) is 0 Å². The topological polar surface area (TPSA) is 55.4 Å². The zero-order valence-electron chi connectivity index (χ0n) is 5.09. The van der Waals surface area contributed by atoms with Crippen molar-refractivity contribution >= 4 is 12.0 Å². The summed E-state index contributed by atoms with van der Waals surface area (Å²) < 4.78 is 14.9. The minimum absolute atomic E-state index is 0.724. The Hall–Kier alpha value is -1.39. The molecule has 0 bridgehead atoms. The van der Waals surface area contributed by atoms with E-state index < -0.39 is 18.9 Å². The van der Waals surface area contributed by atoms with Crippen LogP contribution in [0, 0.1) is 0 Å². The van der Waals surface area contributed by atoms with Crippen molar-refractivity contribution in [3.8, 4) is 0 Å². The average molecular weight is 147 g/mol. The van der Waals surface area contributed by atoms with Gasteiger partial charge in [0.05, 0.1) is 0 Å². The smallest absolute Gasteiger partial charge is 0.416 e. The molecule has 0 spiro atoms. The maximum Gasteiger partial charge on any atom is 0.416 e. The molecule has 1 N–H and O–H groups in total. The first-order chi connectivity index (χ1) is 4.70. The van der Waals surface area contributed by atoms with Crippen molar-refractivity contribution in [1.82, 2.24) is 5.32 Å². The number of imide groups is 1. The third-order valence-corrected chi connectivity index (χ3v) is 0.596. The molecule has 0 fully saturated rings. The van der Waals surface area contributed by atoms with E-state index in [9.17, 15) is 14.0 Å². The van der Waals surface area contributed by atoms with Gasteiger partial charge in [0, 0.05) is 0 Å². The number of ether oxygens (including phenoxy) is 1. The van der Waals surface area contributed by atoms with E-state index in [0.717, 1.165) is 6.08 Å². The van der Waals surface area contributed by atoms with Gasteiger partial charge in [-0.05, 0) is 6.08 Å². The fraction of sp³-hybridized carbons (Fsp3) is 0.200. The first-order valence-corrected chi connectivity index (χ1v) is 2.37. The molecule has 0 aliphatic carbocycles. The highest BCUT2D eigenvalue weighted by Gasteiger charge is 2.02. The number of amides is 2. The van der Waals surface area contributed by atoms with E-state index in [-0.39, 0.29) is 0 Å². The van der Waals surface area contributed by atoms with E-state index in [1.54, 1.807) is 5.32 Å². The number of carbonyl (C=O) groups is 2. The van der Waals surface area contributed by atoms with Crippen LogP contribution in [0.25, 0.3) is 0 Å². The molecule has 0 unspecified atom stereocenters. The summed E-state index contributed by atoms with van der Waals surface area (Å²) in [6, 6.07) is 0. The molecule has 0 rings (SSSR count). The number of nitrogens with one attached hydrogen (secondary N) is 1. The van der Waals surface area contributed by atoms with Crippen LogP contribution in [-0.2, 0) is 9.53 Å². The van der Waals surface area contributed by atoms with E-state index in [4.69, 9.17) is 0 Å². The van der Waals surface area contributed by atoms with Crippen molar-refractivity contribution in [2.75, 3.05) is 6.86 Å². The summed E-state index contributed by atoms with van der Waals surface area (Å²) in [6.45, 7) is 1.81. The number of halogens is 1. The van der Waals surface area contributed by atoms with E-state index in [2.05, 4.69) is 11.3 Å². The molecule has 0 aromatic heterocycles. The van der Waals surface area contributed by atoms with Crippen LogP contribution < -0.4 is 5.32 Å². The Morgan fingerprint density at radius 3 is 2.70 bits per heavy atom. The van der Waals surface area contributed by atoms with Crippen LogP contribution in [0.1, 0.15) is 0 Å². The Balaban J connectivity index is 3.57. The number of alkyl halides is 1. The molecule has 10 heavy (non-hydrogen) atoms. The highest BCUT2D eigenvalue weighted by Crippen LogP contribution is 1.77. The molecule has 0 aromatic rings. The number of hydrogen-bond donors (Lipinski definition) is 1. The molecule has 0 saturated carbocycles. The highest BCUT2D eigenvalue weighted by atomic mass is 19.1. The minimum atomic E-state index is -1.25. The van der Waals surface area contributed by atoms with Crippen molar-refractivity contribution in [3.05, 3.63) is 12.7 Å². The number of carbonyl (C=O) groups excluding carboxylic acids is 2. The van der Waals surface area contributed by atoms with Crippen LogP contribution in [-0.4, -0.2) is 18.9 Å². The van der Waals surface area contributed by atoms with Gasteiger partial charge < -0.3 is 4.74 Å². The van der Waals surface area contributed by atoms with Crippen LogP contribution in [0.2, 0.25) is 0 Å². The molecule has 56 valence electrons. The molecule has 0 atom stereocenters. The van der Waals surface area contributed by atoms with Gasteiger partial charge in [0.25, 0.3) is 5.91 Å². The molecule has 0 heterocycles. The Kier molecular flexibility index (Phi) is 3.86. The van der Waals surface area contributed by atoms with Crippen molar-refractivity contribution in [2.24, 2.45) is 0 Å². The van der Waals surface area contributed by atoms with Crippen molar-refractivity contribution in [2.45, 2.75) is 0 Å². The molecule has 5 heteroatoms. The van der Waals surface area contributed by atoms with Gasteiger partial charge in [-0.3, -0.25) is 10.1 Å². The second-order valence-corrected chi connectivity index (χ2v) is 1.23. The second-order valence-electron chi connectivity index (χ2n) is 1.23. The molecule has 0 aromatic carbocycles. The first-order valence-electron chi connectivity index (χ1n) is 2.37. The largest absolute Gasteiger partial charge is 0.417 e. The van der Waals surface area contributed by atoms with Crippen molar-refractivity contribution < 1.29 is 18.7 Å². The summed E-state index contributed by atoms with van der Waals surface area (Å²) in [5.74, 6) is -0.724. The number of hydrogen-bond acceptors (Lipinski definition) is 3. The summed E-state index contributed by atoms with van der Waals surface area (Å²) in [5.41, 5.74) is 0. The monoisotopic (exact) mass is 147 g/mol. The predicted molar refractivity (Wildman–Crippen MR) is 30.8 cm³/mol. The van der Waals surface area contributed by atoms with Gasteiger partial charge >= 0.3 is 6.09 Å². The minimum Gasteiger partial charge on any atom is -0.417 e. The van der Waals surface area contributed by atoms with Crippen LogP contribution in [0.4, 0.5) is 9.18 Å². The third kappa shape index (κ3) is 3.59. The molecule has 4 nitrogen and oxygen atoms in total. The lowest BCUT2D eigenvalue weighted by Crippen LogP contribution is -2.29. The van der Waals surface area contributed by atoms with Crippen LogP contribution in [0.3, 0.4) is 0 Å². The van der Waals surface area contributed by atoms with Gasteiger partial charge in [-0.25, -0.2) is 9.18 Å². The summed E-state index contributed by atoms with van der Waals surface area (Å²) in [6.07, 6.45) is -0.244. The Bertz CT molecular complexity index is 157.